The van der Waals surface area contributed by atoms with Gasteiger partial charge in [-0.2, -0.15) is 0 Å². The van der Waals surface area contributed by atoms with Gasteiger partial charge in [-0.1, -0.05) is 48.6 Å². The summed E-state index contributed by atoms with van der Waals surface area (Å²) in [5, 5.41) is 10.0. The maximum Gasteiger partial charge on any atom is 0.345 e. The van der Waals surface area contributed by atoms with Crippen LogP contribution in [0.25, 0.3) is 0 Å². The van der Waals surface area contributed by atoms with Gasteiger partial charge in [-0.05, 0) is 11.6 Å². The molecular weight excluding hydrogens is 244 g/mol. The van der Waals surface area contributed by atoms with Crippen molar-refractivity contribution < 1.29 is 19.4 Å². The highest BCUT2D eigenvalue weighted by molar-refractivity contribution is 5.84. The third-order valence-electron chi connectivity index (χ3n) is 3.01. The summed E-state index contributed by atoms with van der Waals surface area (Å²) in [4.78, 5) is 11.9. The molecule has 0 fully saturated rings. The van der Waals surface area contributed by atoms with Gasteiger partial charge in [0.25, 0.3) is 0 Å². The summed E-state index contributed by atoms with van der Waals surface area (Å²) in [6.07, 6.45) is 5.29. The maximum absolute atomic E-state index is 11.9. The zero-order valence-corrected chi connectivity index (χ0v) is 10.7. The standard InChI is InChI=1S/C15H16O4/c1-18-14(17)15(10-6-5-9-13(15)16)19-11-12-7-3-2-4-8-12/h2-10,13,16H,11H2,1H3. The van der Waals surface area contributed by atoms with Crippen molar-refractivity contribution in [3.05, 3.63) is 60.2 Å². The van der Waals surface area contributed by atoms with E-state index in [0.29, 0.717) is 0 Å². The van der Waals surface area contributed by atoms with E-state index in [1.54, 1.807) is 12.2 Å². The SMILES string of the molecule is COC(=O)C1(OCc2ccccc2)C=CC=CC1O. The minimum atomic E-state index is -1.47. The Labute approximate surface area is 112 Å². The average Bonchev–Trinajstić information content (AvgIpc) is 2.47. The number of allylic oxidation sites excluding steroid dienone is 2. The highest BCUT2D eigenvalue weighted by atomic mass is 16.6. The van der Waals surface area contributed by atoms with Crippen molar-refractivity contribution in [3.8, 4) is 0 Å². The van der Waals surface area contributed by atoms with Gasteiger partial charge in [0.2, 0.25) is 5.60 Å². The van der Waals surface area contributed by atoms with Crippen molar-refractivity contribution in [1.82, 2.24) is 0 Å². The molecule has 1 aliphatic carbocycles. The van der Waals surface area contributed by atoms with E-state index in [9.17, 15) is 9.90 Å². The van der Waals surface area contributed by atoms with Crippen LogP contribution in [-0.4, -0.2) is 29.9 Å². The number of hydrogen-bond acceptors (Lipinski definition) is 4. The topological polar surface area (TPSA) is 55.8 Å². The lowest BCUT2D eigenvalue weighted by atomic mass is 9.92. The second-order valence-electron chi connectivity index (χ2n) is 4.25. The fourth-order valence-corrected chi connectivity index (χ4v) is 1.93. The van der Waals surface area contributed by atoms with Crippen LogP contribution < -0.4 is 0 Å². The third kappa shape index (κ3) is 2.75. The Morgan fingerprint density at radius 1 is 1.32 bits per heavy atom. The monoisotopic (exact) mass is 260 g/mol. The molecule has 2 atom stereocenters. The molecule has 0 bridgehead atoms. The van der Waals surface area contributed by atoms with Crippen LogP contribution in [0.2, 0.25) is 0 Å². The first-order valence-electron chi connectivity index (χ1n) is 5.99. The number of hydrogen-bond donors (Lipinski definition) is 1. The van der Waals surface area contributed by atoms with Crippen LogP contribution >= 0.6 is 0 Å². The molecule has 2 unspecified atom stereocenters. The van der Waals surface area contributed by atoms with Gasteiger partial charge in [0.05, 0.1) is 13.7 Å². The van der Waals surface area contributed by atoms with Gasteiger partial charge in [-0.25, -0.2) is 4.79 Å². The fraction of sp³-hybridized carbons (Fsp3) is 0.267. The summed E-state index contributed by atoms with van der Waals surface area (Å²) in [5.74, 6) is -0.614. The van der Waals surface area contributed by atoms with Gasteiger partial charge >= 0.3 is 5.97 Å². The number of aliphatic hydroxyl groups is 1. The molecule has 4 nitrogen and oxygen atoms in total. The van der Waals surface area contributed by atoms with Crippen LogP contribution in [0.4, 0.5) is 0 Å². The van der Waals surface area contributed by atoms with Gasteiger partial charge in [-0.15, -0.1) is 0 Å². The zero-order chi connectivity index (χ0) is 13.7. The summed E-state index contributed by atoms with van der Waals surface area (Å²) >= 11 is 0. The van der Waals surface area contributed by atoms with Crippen LogP contribution in [0.5, 0.6) is 0 Å². The summed E-state index contributed by atoms with van der Waals surface area (Å²) in [7, 11) is 1.27. The van der Waals surface area contributed by atoms with E-state index in [-0.39, 0.29) is 6.61 Å². The first kappa shape index (κ1) is 13.5. The molecule has 1 aliphatic rings. The van der Waals surface area contributed by atoms with E-state index in [1.165, 1.54) is 19.3 Å². The first-order chi connectivity index (χ1) is 9.19. The Bertz CT molecular complexity index is 492. The lowest BCUT2D eigenvalue weighted by Gasteiger charge is -2.32. The van der Waals surface area contributed by atoms with E-state index < -0.39 is 17.7 Å². The Hall–Kier alpha value is -1.91. The number of carbonyl (C=O) groups excluding carboxylic acids is 1. The quantitative estimate of drug-likeness (QED) is 0.835. The van der Waals surface area contributed by atoms with Gasteiger partial charge in [-0.3, -0.25) is 0 Å². The van der Waals surface area contributed by atoms with Crippen molar-refractivity contribution >= 4 is 5.97 Å². The van der Waals surface area contributed by atoms with Crippen molar-refractivity contribution in [2.24, 2.45) is 0 Å². The van der Waals surface area contributed by atoms with E-state index in [1.807, 2.05) is 30.3 Å². The molecular formula is C15H16O4. The molecule has 1 aromatic carbocycles. The van der Waals surface area contributed by atoms with Gasteiger partial charge in [0.15, 0.2) is 0 Å². The Balaban J connectivity index is 2.18. The number of esters is 1. The highest BCUT2D eigenvalue weighted by Gasteiger charge is 2.45. The maximum atomic E-state index is 11.9. The van der Waals surface area contributed by atoms with E-state index >= 15 is 0 Å². The summed E-state index contributed by atoms with van der Waals surface area (Å²) in [6.45, 7) is 0.213. The second-order valence-corrected chi connectivity index (χ2v) is 4.25. The van der Waals surface area contributed by atoms with Gasteiger partial charge in [0, 0.05) is 0 Å². The van der Waals surface area contributed by atoms with Crippen molar-refractivity contribution in [1.29, 1.82) is 0 Å². The normalized spacial score (nSPS) is 25.3. The van der Waals surface area contributed by atoms with Crippen molar-refractivity contribution in [2.75, 3.05) is 7.11 Å². The van der Waals surface area contributed by atoms with E-state index in [0.717, 1.165) is 5.56 Å². The molecule has 0 aromatic heterocycles. The Morgan fingerprint density at radius 3 is 2.68 bits per heavy atom. The summed E-state index contributed by atoms with van der Waals surface area (Å²) < 4.78 is 10.4. The van der Waals surface area contributed by atoms with Crippen LogP contribution in [0, 0.1) is 0 Å². The molecule has 0 saturated carbocycles. The molecule has 0 saturated heterocycles. The largest absolute Gasteiger partial charge is 0.467 e. The molecule has 0 aliphatic heterocycles. The molecule has 100 valence electrons. The third-order valence-corrected chi connectivity index (χ3v) is 3.01. The molecule has 2 rings (SSSR count). The molecule has 0 heterocycles. The molecule has 1 N–H and O–H groups in total. The Kier molecular flexibility index (Phi) is 4.14. The molecule has 0 spiro atoms. The first-order valence-corrected chi connectivity index (χ1v) is 5.99. The van der Waals surface area contributed by atoms with E-state index in [4.69, 9.17) is 9.47 Å². The smallest absolute Gasteiger partial charge is 0.345 e. The summed E-state index contributed by atoms with van der Waals surface area (Å²) in [5.41, 5.74) is -0.555. The van der Waals surface area contributed by atoms with E-state index in [2.05, 4.69) is 0 Å². The number of benzene rings is 1. The van der Waals surface area contributed by atoms with Crippen LogP contribution in [-0.2, 0) is 20.9 Å². The molecule has 1 aromatic rings. The van der Waals surface area contributed by atoms with Crippen LogP contribution in [0.15, 0.2) is 54.6 Å². The second kappa shape index (κ2) is 5.82. The van der Waals surface area contributed by atoms with Crippen LogP contribution in [0.3, 0.4) is 0 Å². The van der Waals surface area contributed by atoms with Gasteiger partial charge < -0.3 is 14.6 Å². The molecule has 0 radical (unpaired) electrons. The fourth-order valence-electron chi connectivity index (χ4n) is 1.93. The number of ether oxygens (including phenoxy) is 2. The van der Waals surface area contributed by atoms with Gasteiger partial charge in [0.1, 0.15) is 6.10 Å². The average molecular weight is 260 g/mol. The number of methoxy groups -OCH3 is 1. The van der Waals surface area contributed by atoms with Crippen molar-refractivity contribution in [2.45, 2.75) is 18.3 Å². The van der Waals surface area contributed by atoms with Crippen LogP contribution in [0.1, 0.15) is 5.56 Å². The van der Waals surface area contributed by atoms with Crippen molar-refractivity contribution in [3.63, 3.8) is 0 Å². The number of carbonyl (C=O) groups is 1. The minimum absolute atomic E-state index is 0.213. The predicted molar refractivity (Wildman–Crippen MR) is 70.3 cm³/mol. The lowest BCUT2D eigenvalue weighted by Crippen LogP contribution is -2.50. The zero-order valence-electron chi connectivity index (χ0n) is 10.7. The minimum Gasteiger partial charge on any atom is -0.467 e. The lowest BCUT2D eigenvalue weighted by molar-refractivity contribution is -0.175. The molecule has 19 heavy (non-hydrogen) atoms. The Morgan fingerprint density at radius 2 is 2.05 bits per heavy atom. The molecule has 0 amide bonds. The highest BCUT2D eigenvalue weighted by Crippen LogP contribution is 2.26. The number of aliphatic hydroxyl groups excluding tert-OH is 1. The molecule has 4 heteroatoms. The summed E-state index contributed by atoms with van der Waals surface area (Å²) in [6, 6.07) is 9.45. The number of rotatable bonds is 4. The predicted octanol–water partition coefficient (Wildman–Crippen LogP) is 1.60.